The second kappa shape index (κ2) is 7.72. The van der Waals surface area contributed by atoms with Crippen molar-refractivity contribution in [2.45, 2.75) is 13.5 Å². The summed E-state index contributed by atoms with van der Waals surface area (Å²) in [5.41, 5.74) is 8.48. The summed E-state index contributed by atoms with van der Waals surface area (Å²) < 4.78 is 8.39. The van der Waals surface area contributed by atoms with E-state index < -0.39 is 0 Å². The smallest absolute Gasteiger partial charge is 0.221 e. The molecule has 5 nitrogen and oxygen atoms in total. The Labute approximate surface area is 159 Å². The van der Waals surface area contributed by atoms with Crippen molar-refractivity contribution < 1.29 is 4.74 Å². The molecule has 0 spiro atoms. The fraction of sp³-hybridized carbons (Fsp3) is 0.111. The zero-order valence-corrected chi connectivity index (χ0v) is 15.8. The van der Waals surface area contributed by atoms with Gasteiger partial charge in [-0.05, 0) is 42.8 Å². The molecule has 0 atom stereocenters. The lowest BCUT2D eigenvalue weighted by Crippen LogP contribution is -2.00. The molecule has 0 radical (unpaired) electrons. The number of benzene rings is 2. The van der Waals surface area contributed by atoms with Crippen LogP contribution >= 0.6 is 27.5 Å². The first-order valence-electron chi connectivity index (χ1n) is 7.54. The summed E-state index contributed by atoms with van der Waals surface area (Å²) in [5.74, 6) is 1.06. The summed E-state index contributed by atoms with van der Waals surface area (Å²) in [6.07, 6.45) is 3.46. The molecule has 1 heterocycles. The normalized spacial score (nSPS) is 11.2. The Morgan fingerprint density at radius 1 is 1.28 bits per heavy atom. The van der Waals surface area contributed by atoms with Crippen LogP contribution in [0.5, 0.6) is 5.75 Å². The molecule has 0 amide bonds. The predicted molar refractivity (Wildman–Crippen MR) is 104 cm³/mol. The molecule has 0 aliphatic heterocycles. The lowest BCUT2D eigenvalue weighted by atomic mass is 10.2. The van der Waals surface area contributed by atoms with Crippen LogP contribution in [0.1, 0.15) is 16.8 Å². The second-order valence-electron chi connectivity index (χ2n) is 5.43. The SMILES string of the molecule is Cc1cn(N=Cc2cc(Br)ccc2OCc2ccc(Cl)cc2)c(N)n1. The number of hydrogen-bond acceptors (Lipinski definition) is 4. The van der Waals surface area contributed by atoms with Gasteiger partial charge < -0.3 is 10.5 Å². The molecule has 0 bridgehead atoms. The first-order chi connectivity index (χ1) is 12.0. The topological polar surface area (TPSA) is 65.4 Å². The van der Waals surface area contributed by atoms with Gasteiger partial charge in [0.05, 0.1) is 18.1 Å². The van der Waals surface area contributed by atoms with Crippen molar-refractivity contribution in [3.05, 3.63) is 75.0 Å². The number of nitrogen functional groups attached to an aromatic ring is 1. The van der Waals surface area contributed by atoms with E-state index in [4.69, 9.17) is 22.1 Å². The molecular formula is C18H16BrClN4O. The molecule has 3 rings (SSSR count). The van der Waals surface area contributed by atoms with E-state index in [2.05, 4.69) is 26.0 Å². The molecule has 0 aliphatic rings. The molecule has 1 aromatic heterocycles. The lowest BCUT2D eigenvalue weighted by Gasteiger charge is -2.10. The van der Waals surface area contributed by atoms with Crippen molar-refractivity contribution in [1.82, 2.24) is 9.66 Å². The molecule has 2 N–H and O–H groups in total. The Hall–Kier alpha value is -2.31. The molecule has 2 aromatic carbocycles. The third kappa shape index (κ3) is 4.61. The van der Waals surface area contributed by atoms with E-state index in [0.29, 0.717) is 17.6 Å². The van der Waals surface area contributed by atoms with Crippen LogP contribution in [-0.2, 0) is 6.61 Å². The Balaban J connectivity index is 1.80. The van der Waals surface area contributed by atoms with Crippen molar-refractivity contribution in [3.63, 3.8) is 0 Å². The number of anilines is 1. The maximum atomic E-state index is 5.93. The molecule has 25 heavy (non-hydrogen) atoms. The Kier molecular flexibility index (Phi) is 5.40. The lowest BCUT2D eigenvalue weighted by molar-refractivity contribution is 0.305. The maximum Gasteiger partial charge on any atom is 0.221 e. The first kappa shape index (κ1) is 17.5. The van der Waals surface area contributed by atoms with E-state index in [1.54, 1.807) is 12.4 Å². The third-order valence-corrected chi connectivity index (χ3v) is 4.18. The zero-order valence-electron chi connectivity index (χ0n) is 13.5. The summed E-state index contributed by atoms with van der Waals surface area (Å²) in [5, 5.41) is 5.05. The Morgan fingerprint density at radius 3 is 2.72 bits per heavy atom. The minimum atomic E-state index is 0.340. The van der Waals surface area contributed by atoms with Gasteiger partial charge in [0.25, 0.3) is 0 Å². The van der Waals surface area contributed by atoms with Gasteiger partial charge in [-0.15, -0.1) is 0 Å². The number of ether oxygens (including phenoxy) is 1. The molecule has 128 valence electrons. The third-order valence-electron chi connectivity index (χ3n) is 3.44. The van der Waals surface area contributed by atoms with Gasteiger partial charge in [-0.25, -0.2) is 9.66 Å². The number of imidazole rings is 1. The van der Waals surface area contributed by atoms with Crippen LogP contribution in [0, 0.1) is 6.92 Å². The van der Waals surface area contributed by atoms with Crippen LogP contribution in [0.15, 0.2) is 58.2 Å². The van der Waals surface area contributed by atoms with Gasteiger partial charge in [0.2, 0.25) is 5.95 Å². The Bertz CT molecular complexity index is 906. The van der Waals surface area contributed by atoms with Gasteiger partial charge in [-0.1, -0.05) is 39.7 Å². The highest BCUT2D eigenvalue weighted by atomic mass is 79.9. The summed E-state index contributed by atoms with van der Waals surface area (Å²) in [6.45, 7) is 2.30. The van der Waals surface area contributed by atoms with Gasteiger partial charge >= 0.3 is 0 Å². The summed E-state index contributed by atoms with van der Waals surface area (Å²) >= 11 is 9.37. The molecule has 7 heteroatoms. The van der Waals surface area contributed by atoms with E-state index in [1.165, 1.54) is 4.68 Å². The van der Waals surface area contributed by atoms with Crippen molar-refractivity contribution in [3.8, 4) is 5.75 Å². The molecule has 0 aliphatic carbocycles. The second-order valence-corrected chi connectivity index (χ2v) is 6.78. The van der Waals surface area contributed by atoms with Crippen molar-refractivity contribution in [2.24, 2.45) is 5.10 Å². The maximum absolute atomic E-state index is 5.93. The molecule has 0 unspecified atom stereocenters. The van der Waals surface area contributed by atoms with E-state index in [-0.39, 0.29) is 0 Å². The van der Waals surface area contributed by atoms with Gasteiger partial charge in [0.15, 0.2) is 0 Å². The van der Waals surface area contributed by atoms with Gasteiger partial charge in [-0.3, -0.25) is 0 Å². The summed E-state index contributed by atoms with van der Waals surface area (Å²) in [6, 6.07) is 13.3. The van der Waals surface area contributed by atoms with Crippen LogP contribution in [0.2, 0.25) is 5.02 Å². The number of aryl methyl sites for hydroxylation is 1. The highest BCUT2D eigenvalue weighted by Crippen LogP contribution is 2.23. The number of nitrogens with two attached hydrogens (primary N) is 1. The van der Waals surface area contributed by atoms with Crippen LogP contribution in [0.4, 0.5) is 5.95 Å². The van der Waals surface area contributed by atoms with Crippen LogP contribution in [0.3, 0.4) is 0 Å². The van der Waals surface area contributed by atoms with E-state index in [1.807, 2.05) is 49.4 Å². The number of hydrogen-bond donors (Lipinski definition) is 1. The minimum Gasteiger partial charge on any atom is -0.488 e. The van der Waals surface area contributed by atoms with Crippen molar-refractivity contribution in [1.29, 1.82) is 0 Å². The van der Waals surface area contributed by atoms with Crippen LogP contribution in [0.25, 0.3) is 0 Å². The number of aromatic nitrogens is 2. The average Bonchev–Trinajstić information content (AvgIpc) is 2.91. The van der Waals surface area contributed by atoms with Gasteiger partial charge in [-0.2, -0.15) is 5.10 Å². The standard InChI is InChI=1S/C18H16BrClN4O/c1-12-10-24(18(21)23-12)22-9-14-8-15(19)4-7-17(14)25-11-13-2-5-16(20)6-3-13/h2-10H,11H2,1H3,(H2,21,23). The van der Waals surface area contributed by atoms with Gasteiger partial charge in [0.1, 0.15) is 12.4 Å². The average molecular weight is 420 g/mol. The van der Waals surface area contributed by atoms with E-state index in [0.717, 1.165) is 27.0 Å². The highest BCUT2D eigenvalue weighted by molar-refractivity contribution is 9.10. The largest absolute Gasteiger partial charge is 0.488 e. The number of rotatable bonds is 5. The van der Waals surface area contributed by atoms with Gasteiger partial charge in [0, 0.05) is 15.1 Å². The molecule has 0 saturated carbocycles. The highest BCUT2D eigenvalue weighted by Gasteiger charge is 2.05. The monoisotopic (exact) mass is 418 g/mol. The van der Waals surface area contributed by atoms with Crippen molar-refractivity contribution >= 4 is 39.7 Å². The Morgan fingerprint density at radius 2 is 2.04 bits per heavy atom. The number of nitrogens with zero attached hydrogens (tertiary/aromatic N) is 3. The number of halogens is 2. The van der Waals surface area contributed by atoms with E-state index >= 15 is 0 Å². The molecule has 0 saturated heterocycles. The summed E-state index contributed by atoms with van der Waals surface area (Å²) in [4.78, 5) is 4.12. The molecular weight excluding hydrogens is 404 g/mol. The summed E-state index contributed by atoms with van der Waals surface area (Å²) in [7, 11) is 0. The predicted octanol–water partition coefficient (Wildman–Crippen LogP) is 4.65. The first-order valence-corrected chi connectivity index (χ1v) is 8.71. The van der Waals surface area contributed by atoms with E-state index in [9.17, 15) is 0 Å². The van der Waals surface area contributed by atoms with Crippen LogP contribution < -0.4 is 10.5 Å². The zero-order chi connectivity index (χ0) is 17.8. The molecule has 3 aromatic rings. The van der Waals surface area contributed by atoms with Crippen LogP contribution in [-0.4, -0.2) is 15.9 Å². The quantitative estimate of drug-likeness (QED) is 0.612. The fourth-order valence-corrected chi connectivity index (χ4v) is 2.72. The minimum absolute atomic E-state index is 0.340. The molecule has 0 fully saturated rings. The fourth-order valence-electron chi connectivity index (χ4n) is 2.21. The van der Waals surface area contributed by atoms with Crippen molar-refractivity contribution in [2.75, 3.05) is 5.73 Å².